The number of ether oxygens (including phenoxy) is 1. The van der Waals surface area contributed by atoms with Crippen molar-refractivity contribution in [2.75, 3.05) is 7.11 Å². The number of rotatable bonds is 4. The summed E-state index contributed by atoms with van der Waals surface area (Å²) in [6.07, 6.45) is 3.17. The molecular formula is C14H16O2S. The van der Waals surface area contributed by atoms with E-state index in [4.69, 9.17) is 4.74 Å². The monoisotopic (exact) mass is 248 g/mol. The van der Waals surface area contributed by atoms with Crippen molar-refractivity contribution in [1.82, 2.24) is 0 Å². The largest absolute Gasteiger partial charge is 0.465 e. The number of benzene rings is 1. The molecule has 0 spiro atoms. The van der Waals surface area contributed by atoms with E-state index in [1.165, 1.54) is 11.8 Å². The molecule has 1 aromatic heterocycles. The fraction of sp³-hybridized carbons (Fsp3) is 0.357. The second-order valence-electron chi connectivity index (χ2n) is 4.06. The molecule has 0 atom stereocenters. The number of hydrogen-bond acceptors (Lipinski definition) is 3. The van der Waals surface area contributed by atoms with Crippen molar-refractivity contribution < 1.29 is 9.53 Å². The van der Waals surface area contributed by atoms with Crippen LogP contribution in [0.4, 0.5) is 0 Å². The van der Waals surface area contributed by atoms with E-state index >= 15 is 0 Å². The van der Waals surface area contributed by atoms with Crippen molar-refractivity contribution in [2.45, 2.75) is 26.2 Å². The Hall–Kier alpha value is -1.35. The first-order valence-corrected chi connectivity index (χ1v) is 6.72. The molecule has 0 radical (unpaired) electrons. The summed E-state index contributed by atoms with van der Waals surface area (Å²) in [4.78, 5) is 11.7. The van der Waals surface area contributed by atoms with Crippen LogP contribution in [0.25, 0.3) is 10.1 Å². The Labute approximate surface area is 105 Å². The Morgan fingerprint density at radius 3 is 2.94 bits per heavy atom. The molecule has 0 bridgehead atoms. The third kappa shape index (κ3) is 2.50. The minimum absolute atomic E-state index is 0.232. The lowest BCUT2D eigenvalue weighted by molar-refractivity contribution is 0.0599. The Morgan fingerprint density at radius 2 is 2.24 bits per heavy atom. The second-order valence-corrected chi connectivity index (χ2v) is 5.01. The van der Waals surface area contributed by atoms with Gasteiger partial charge < -0.3 is 4.74 Å². The molecule has 2 rings (SSSR count). The number of thiophene rings is 1. The first-order valence-electron chi connectivity index (χ1n) is 5.84. The van der Waals surface area contributed by atoms with Crippen LogP contribution in [0.1, 0.15) is 35.7 Å². The number of carbonyl (C=O) groups is 1. The normalized spacial score (nSPS) is 10.7. The van der Waals surface area contributed by atoms with Crippen LogP contribution < -0.4 is 0 Å². The van der Waals surface area contributed by atoms with Crippen LogP contribution in [0.2, 0.25) is 0 Å². The van der Waals surface area contributed by atoms with E-state index in [0.717, 1.165) is 30.2 Å². The van der Waals surface area contributed by atoms with E-state index in [0.29, 0.717) is 5.56 Å². The maximum Gasteiger partial charge on any atom is 0.338 e. The van der Waals surface area contributed by atoms with E-state index in [1.807, 2.05) is 12.1 Å². The van der Waals surface area contributed by atoms with Crippen molar-refractivity contribution in [1.29, 1.82) is 0 Å². The highest BCUT2D eigenvalue weighted by Gasteiger charge is 2.13. The van der Waals surface area contributed by atoms with Gasteiger partial charge in [0.05, 0.1) is 12.7 Å². The van der Waals surface area contributed by atoms with Crippen LogP contribution >= 0.6 is 11.3 Å². The van der Waals surface area contributed by atoms with Gasteiger partial charge in [-0.05, 0) is 47.4 Å². The quantitative estimate of drug-likeness (QED) is 0.764. The molecule has 0 N–H and O–H groups in total. The molecule has 3 heteroatoms. The number of methoxy groups -OCH3 is 1. The predicted octanol–water partition coefficient (Wildman–Crippen LogP) is 4.03. The van der Waals surface area contributed by atoms with Gasteiger partial charge in [0.15, 0.2) is 0 Å². The van der Waals surface area contributed by atoms with E-state index in [9.17, 15) is 4.79 Å². The minimum Gasteiger partial charge on any atom is -0.465 e. The molecule has 17 heavy (non-hydrogen) atoms. The number of hydrogen-bond donors (Lipinski definition) is 0. The Bertz CT molecular complexity index is 528. The fourth-order valence-corrected chi connectivity index (χ4v) is 2.76. The van der Waals surface area contributed by atoms with Gasteiger partial charge in [-0.1, -0.05) is 13.3 Å². The van der Waals surface area contributed by atoms with Gasteiger partial charge in [-0.2, -0.15) is 0 Å². The molecule has 0 aliphatic heterocycles. The number of esters is 1. The van der Waals surface area contributed by atoms with Gasteiger partial charge >= 0.3 is 5.97 Å². The van der Waals surface area contributed by atoms with Crippen LogP contribution in [0.5, 0.6) is 0 Å². The molecule has 2 nitrogen and oxygen atoms in total. The predicted molar refractivity (Wildman–Crippen MR) is 71.8 cm³/mol. The molecule has 90 valence electrons. The first kappa shape index (κ1) is 12.1. The highest BCUT2D eigenvalue weighted by atomic mass is 32.1. The van der Waals surface area contributed by atoms with Crippen molar-refractivity contribution >= 4 is 27.4 Å². The maximum atomic E-state index is 11.7. The van der Waals surface area contributed by atoms with Gasteiger partial charge in [0, 0.05) is 4.70 Å². The Kier molecular flexibility index (Phi) is 3.79. The molecule has 0 saturated carbocycles. The summed E-state index contributed by atoms with van der Waals surface area (Å²) in [5.41, 5.74) is 1.82. The molecule has 0 unspecified atom stereocenters. The average molecular weight is 248 g/mol. The fourth-order valence-electron chi connectivity index (χ4n) is 1.93. The standard InChI is InChI=1S/C14H16O2S/c1-3-4-5-10-9-13-11(6-7-17-13)8-12(10)14(15)16-2/h6-9H,3-5H2,1-2H3. The molecule has 1 aromatic carbocycles. The molecule has 0 fully saturated rings. The minimum atomic E-state index is -0.232. The summed E-state index contributed by atoms with van der Waals surface area (Å²) in [7, 11) is 1.43. The van der Waals surface area contributed by atoms with E-state index in [-0.39, 0.29) is 5.97 Å². The highest BCUT2D eigenvalue weighted by Crippen LogP contribution is 2.26. The second kappa shape index (κ2) is 5.32. The Balaban J connectivity index is 2.47. The average Bonchev–Trinajstić information content (AvgIpc) is 2.81. The van der Waals surface area contributed by atoms with E-state index in [1.54, 1.807) is 11.3 Å². The van der Waals surface area contributed by atoms with Crippen molar-refractivity contribution in [3.63, 3.8) is 0 Å². The number of aryl methyl sites for hydroxylation is 1. The van der Waals surface area contributed by atoms with Crippen LogP contribution in [-0.4, -0.2) is 13.1 Å². The van der Waals surface area contributed by atoms with Crippen molar-refractivity contribution in [2.24, 2.45) is 0 Å². The van der Waals surface area contributed by atoms with Gasteiger partial charge in [0.25, 0.3) is 0 Å². The lowest BCUT2D eigenvalue weighted by Gasteiger charge is -2.08. The Morgan fingerprint density at radius 1 is 1.41 bits per heavy atom. The first-order chi connectivity index (χ1) is 8.26. The molecule has 0 aliphatic carbocycles. The summed E-state index contributed by atoms with van der Waals surface area (Å²) < 4.78 is 6.09. The van der Waals surface area contributed by atoms with Gasteiger partial charge in [-0.15, -0.1) is 11.3 Å². The van der Waals surface area contributed by atoms with Crippen LogP contribution in [0.15, 0.2) is 23.6 Å². The molecule has 0 amide bonds. The topological polar surface area (TPSA) is 26.3 Å². The van der Waals surface area contributed by atoms with Crippen LogP contribution in [0.3, 0.4) is 0 Å². The van der Waals surface area contributed by atoms with Crippen LogP contribution in [0, 0.1) is 0 Å². The molecule has 2 aromatic rings. The number of carbonyl (C=O) groups excluding carboxylic acids is 1. The summed E-state index contributed by atoms with van der Waals surface area (Å²) in [6, 6.07) is 6.11. The summed E-state index contributed by atoms with van der Waals surface area (Å²) in [5.74, 6) is -0.232. The summed E-state index contributed by atoms with van der Waals surface area (Å²) in [6.45, 7) is 2.15. The lowest BCUT2D eigenvalue weighted by Crippen LogP contribution is -2.05. The molecule has 0 saturated heterocycles. The highest BCUT2D eigenvalue weighted by molar-refractivity contribution is 7.17. The summed E-state index contributed by atoms with van der Waals surface area (Å²) >= 11 is 1.71. The third-order valence-electron chi connectivity index (χ3n) is 2.88. The van der Waals surface area contributed by atoms with Gasteiger partial charge in [0.1, 0.15) is 0 Å². The zero-order valence-corrected chi connectivity index (χ0v) is 11.0. The molecule has 1 heterocycles. The SMILES string of the molecule is CCCCc1cc2sccc2cc1C(=O)OC. The van der Waals surface area contributed by atoms with E-state index < -0.39 is 0 Å². The summed E-state index contributed by atoms with van der Waals surface area (Å²) in [5, 5.41) is 3.17. The zero-order valence-electron chi connectivity index (χ0n) is 10.2. The zero-order chi connectivity index (χ0) is 12.3. The van der Waals surface area contributed by atoms with Crippen molar-refractivity contribution in [3.05, 3.63) is 34.7 Å². The number of unbranched alkanes of at least 4 members (excludes halogenated alkanes) is 1. The third-order valence-corrected chi connectivity index (χ3v) is 3.76. The van der Waals surface area contributed by atoms with Crippen LogP contribution in [-0.2, 0) is 11.2 Å². The van der Waals surface area contributed by atoms with Gasteiger partial charge in [0.2, 0.25) is 0 Å². The van der Waals surface area contributed by atoms with Crippen molar-refractivity contribution in [3.8, 4) is 0 Å². The lowest BCUT2D eigenvalue weighted by atomic mass is 10.0. The maximum absolute atomic E-state index is 11.7. The molecule has 0 aliphatic rings. The smallest absolute Gasteiger partial charge is 0.338 e. The van der Waals surface area contributed by atoms with E-state index in [2.05, 4.69) is 18.4 Å². The van der Waals surface area contributed by atoms with Gasteiger partial charge in [-0.25, -0.2) is 4.79 Å². The van der Waals surface area contributed by atoms with Gasteiger partial charge in [-0.3, -0.25) is 0 Å². The number of fused-ring (bicyclic) bond motifs is 1. The molecular weight excluding hydrogens is 232 g/mol.